The van der Waals surface area contributed by atoms with Gasteiger partial charge in [0.05, 0.1) is 11.3 Å². The maximum Gasteiger partial charge on any atom is 0.434 e. The number of aromatic amines is 1. The molecule has 9 nitrogen and oxygen atoms in total. The Hall–Kier alpha value is -4.94. The molecule has 1 amide bonds. The van der Waals surface area contributed by atoms with Crippen LogP contribution in [0.4, 0.5) is 17.6 Å². The zero-order chi connectivity index (χ0) is 28.1. The van der Waals surface area contributed by atoms with Gasteiger partial charge in [0, 0.05) is 23.9 Å². The molecular weight excluding hydrogens is 520 g/mol. The Morgan fingerprint density at radius 1 is 1.08 bits per heavy atom. The molecule has 0 radical (unpaired) electrons. The number of alkyl halides is 3. The molecule has 0 saturated carbocycles. The molecule has 5 aromatic rings. The quantitative estimate of drug-likeness (QED) is 0.287. The molecule has 0 bridgehead atoms. The van der Waals surface area contributed by atoms with Gasteiger partial charge in [-0.05, 0) is 44.2 Å². The minimum atomic E-state index is -5.00. The Labute approximate surface area is 217 Å². The lowest BCUT2D eigenvalue weighted by molar-refractivity contribution is -0.143. The predicted octanol–water partition coefficient (Wildman–Crippen LogP) is 5.21. The summed E-state index contributed by atoms with van der Waals surface area (Å²) in [6, 6.07) is 11.9. The minimum absolute atomic E-state index is 0.0309. The van der Waals surface area contributed by atoms with Crippen LogP contribution >= 0.6 is 0 Å². The Kier molecular flexibility index (Phi) is 6.21. The maximum absolute atomic E-state index is 15.3. The number of nitrogens with zero attached hydrogens (tertiary/aromatic N) is 4. The van der Waals surface area contributed by atoms with Crippen LogP contribution in [-0.4, -0.2) is 30.2 Å². The third-order valence-corrected chi connectivity index (χ3v) is 5.91. The number of carbonyl (C=O) groups is 1. The van der Waals surface area contributed by atoms with Crippen LogP contribution in [0.1, 0.15) is 35.9 Å². The number of ether oxygens (including phenoxy) is 1. The molecule has 0 saturated heterocycles. The summed E-state index contributed by atoms with van der Waals surface area (Å²) in [6.07, 6.45) is -3.62. The van der Waals surface area contributed by atoms with Gasteiger partial charge in [0.25, 0.3) is 5.91 Å². The van der Waals surface area contributed by atoms with E-state index >= 15 is 4.39 Å². The third-order valence-electron chi connectivity index (χ3n) is 5.91. The monoisotopic (exact) mass is 540 g/mol. The molecule has 200 valence electrons. The molecule has 0 aliphatic rings. The number of imidazole rings is 1. The van der Waals surface area contributed by atoms with E-state index in [0.29, 0.717) is 10.2 Å². The topological polar surface area (TPSA) is 121 Å². The number of H-pyrrole nitrogens is 1. The number of nitrogens with two attached hydrogens (primary N) is 1. The summed E-state index contributed by atoms with van der Waals surface area (Å²) in [4.78, 5) is 31.3. The van der Waals surface area contributed by atoms with Crippen molar-refractivity contribution in [1.29, 1.82) is 0 Å². The summed E-state index contributed by atoms with van der Waals surface area (Å²) < 4.78 is 65.3. The van der Waals surface area contributed by atoms with Crippen LogP contribution in [0.2, 0.25) is 0 Å². The first kappa shape index (κ1) is 25.7. The van der Waals surface area contributed by atoms with Crippen molar-refractivity contribution < 1.29 is 27.1 Å². The molecule has 0 aliphatic heterocycles. The third kappa shape index (κ3) is 4.51. The van der Waals surface area contributed by atoms with Gasteiger partial charge in [0.1, 0.15) is 11.2 Å². The smallest absolute Gasteiger partial charge is 0.434 e. The summed E-state index contributed by atoms with van der Waals surface area (Å²) in [5.41, 5.74) is 2.66. The number of benzene rings is 2. The Morgan fingerprint density at radius 3 is 2.41 bits per heavy atom. The molecule has 3 aromatic heterocycles. The average molecular weight is 540 g/mol. The van der Waals surface area contributed by atoms with Crippen LogP contribution in [0.25, 0.3) is 28.1 Å². The number of rotatable bonds is 6. The van der Waals surface area contributed by atoms with Crippen LogP contribution in [0.3, 0.4) is 0 Å². The second kappa shape index (κ2) is 9.42. The number of hydrogen-bond donors (Lipinski definition) is 2. The van der Waals surface area contributed by atoms with E-state index in [1.165, 1.54) is 53.2 Å². The second-order valence-electron chi connectivity index (χ2n) is 8.83. The molecule has 5 rings (SSSR count). The lowest BCUT2D eigenvalue weighted by Gasteiger charge is -2.12. The maximum atomic E-state index is 15.3. The van der Waals surface area contributed by atoms with E-state index < -0.39 is 40.5 Å². The van der Waals surface area contributed by atoms with E-state index in [-0.39, 0.29) is 34.4 Å². The van der Waals surface area contributed by atoms with Crippen molar-refractivity contribution in [3.63, 3.8) is 0 Å². The Bertz CT molecular complexity index is 1770. The lowest BCUT2D eigenvalue weighted by Crippen LogP contribution is -2.21. The first-order chi connectivity index (χ1) is 18.5. The fraction of sp³-hybridized carbons (Fsp3) is 0.154. The number of amides is 1. The van der Waals surface area contributed by atoms with Crippen molar-refractivity contribution in [2.75, 3.05) is 0 Å². The fourth-order valence-corrected chi connectivity index (χ4v) is 4.32. The van der Waals surface area contributed by atoms with E-state index in [1.807, 2.05) is 0 Å². The van der Waals surface area contributed by atoms with Gasteiger partial charge in [-0.15, -0.1) is 0 Å². The van der Waals surface area contributed by atoms with Crippen LogP contribution in [-0.2, 0) is 6.18 Å². The lowest BCUT2D eigenvalue weighted by atomic mass is 10.0. The number of para-hydroxylation sites is 1. The fourth-order valence-electron chi connectivity index (χ4n) is 4.32. The highest BCUT2D eigenvalue weighted by atomic mass is 19.4. The van der Waals surface area contributed by atoms with E-state index in [4.69, 9.17) is 10.5 Å². The molecular formula is C26H20F4N6O3. The van der Waals surface area contributed by atoms with Gasteiger partial charge in [0.15, 0.2) is 28.7 Å². The van der Waals surface area contributed by atoms with Gasteiger partial charge in [0.2, 0.25) is 0 Å². The zero-order valence-electron chi connectivity index (χ0n) is 20.5. The Balaban J connectivity index is 1.62. The van der Waals surface area contributed by atoms with Gasteiger partial charge < -0.3 is 10.5 Å². The molecule has 0 aliphatic carbocycles. The van der Waals surface area contributed by atoms with E-state index in [9.17, 15) is 22.8 Å². The van der Waals surface area contributed by atoms with Crippen LogP contribution in [0, 0.1) is 5.82 Å². The second-order valence-corrected chi connectivity index (χ2v) is 8.83. The van der Waals surface area contributed by atoms with Crippen LogP contribution < -0.4 is 16.2 Å². The van der Waals surface area contributed by atoms with E-state index in [1.54, 1.807) is 19.9 Å². The largest absolute Gasteiger partial charge is 0.452 e. The average Bonchev–Trinajstić information content (AvgIpc) is 3.45. The number of fused-ring (bicyclic) bond motifs is 1. The molecule has 2 aromatic carbocycles. The molecule has 0 fully saturated rings. The van der Waals surface area contributed by atoms with Crippen molar-refractivity contribution in [1.82, 2.24) is 24.3 Å². The van der Waals surface area contributed by atoms with Gasteiger partial charge in [-0.3, -0.25) is 14.3 Å². The van der Waals surface area contributed by atoms with Crippen molar-refractivity contribution in [2.24, 2.45) is 5.73 Å². The number of nitrogens with one attached hydrogen (secondary N) is 1. The first-order valence-corrected chi connectivity index (χ1v) is 11.6. The van der Waals surface area contributed by atoms with Crippen molar-refractivity contribution in [2.45, 2.75) is 26.1 Å². The molecule has 13 heteroatoms. The van der Waals surface area contributed by atoms with Crippen LogP contribution in [0.15, 0.2) is 65.6 Å². The number of pyridine rings is 1. The number of primary amides is 1. The van der Waals surface area contributed by atoms with E-state index in [0.717, 1.165) is 6.07 Å². The van der Waals surface area contributed by atoms with Gasteiger partial charge in [-0.2, -0.15) is 18.3 Å². The molecule has 0 atom stereocenters. The summed E-state index contributed by atoms with van der Waals surface area (Å²) in [5, 5.41) is 4.01. The summed E-state index contributed by atoms with van der Waals surface area (Å²) in [6.45, 7) is 3.56. The summed E-state index contributed by atoms with van der Waals surface area (Å²) in [5.74, 6) is -2.48. The zero-order valence-corrected chi connectivity index (χ0v) is 20.5. The standard InChI is InChI=1S/C26H20F4N6O3/c1-13(2)35-21-18(10-11-32-24(21)33-25(35)38)39-17-9-8-14(12-16(17)27)20-19(23(31)37)22(26(28,29)30)36(34-20)15-6-4-3-5-7-15/h3-13H,1-2H3,(H2,31,37)(H,32,33,38). The molecule has 0 unspecified atom stereocenters. The SMILES string of the molecule is CC(C)n1c(=O)[nH]c2nccc(Oc3ccc(-c4nn(-c5ccccc5)c(C(F)(F)F)c4C(N)=O)cc3F)c21. The van der Waals surface area contributed by atoms with Gasteiger partial charge >= 0.3 is 11.9 Å². The molecule has 3 N–H and O–H groups in total. The number of aromatic nitrogens is 5. The van der Waals surface area contributed by atoms with Crippen LogP contribution in [0.5, 0.6) is 11.5 Å². The highest BCUT2D eigenvalue weighted by Gasteiger charge is 2.42. The summed E-state index contributed by atoms with van der Waals surface area (Å²) in [7, 11) is 0. The normalized spacial score (nSPS) is 11.9. The molecule has 39 heavy (non-hydrogen) atoms. The minimum Gasteiger partial charge on any atom is -0.452 e. The molecule has 0 spiro atoms. The van der Waals surface area contributed by atoms with Gasteiger partial charge in [-0.1, -0.05) is 18.2 Å². The van der Waals surface area contributed by atoms with E-state index in [2.05, 4.69) is 15.1 Å². The number of hydrogen-bond acceptors (Lipinski definition) is 5. The highest BCUT2D eigenvalue weighted by Crippen LogP contribution is 2.39. The predicted molar refractivity (Wildman–Crippen MR) is 133 cm³/mol. The van der Waals surface area contributed by atoms with Crippen molar-refractivity contribution in [3.8, 4) is 28.4 Å². The Morgan fingerprint density at radius 2 is 1.79 bits per heavy atom. The number of halogens is 4. The molecule has 3 heterocycles. The number of carbonyl (C=O) groups excluding carboxylic acids is 1. The van der Waals surface area contributed by atoms with Gasteiger partial charge in [-0.25, -0.2) is 18.9 Å². The first-order valence-electron chi connectivity index (χ1n) is 11.6. The summed E-state index contributed by atoms with van der Waals surface area (Å²) >= 11 is 0. The highest BCUT2D eigenvalue weighted by molar-refractivity contribution is 6.00. The van der Waals surface area contributed by atoms with Crippen molar-refractivity contribution in [3.05, 3.63) is 88.4 Å². The van der Waals surface area contributed by atoms with Crippen molar-refractivity contribution >= 4 is 17.1 Å².